The van der Waals surface area contributed by atoms with E-state index >= 15 is 0 Å². The average molecular weight is 246 g/mol. The third-order valence-electron chi connectivity index (χ3n) is 3.98. The van der Waals surface area contributed by atoms with Crippen LogP contribution in [0.2, 0.25) is 0 Å². The summed E-state index contributed by atoms with van der Waals surface area (Å²) in [5.74, 6) is 5.02. The number of unbranched alkanes of at least 4 members (excludes halogenated alkanes) is 1. The highest BCUT2D eigenvalue weighted by Gasteiger charge is 2.25. The molecule has 0 saturated heterocycles. The van der Waals surface area contributed by atoms with E-state index in [2.05, 4.69) is 28.4 Å². The second-order valence-corrected chi connectivity index (χ2v) is 5.26. The molecule has 98 valence electrons. The van der Waals surface area contributed by atoms with Crippen molar-refractivity contribution in [3.05, 3.63) is 5.82 Å². The van der Waals surface area contributed by atoms with E-state index in [4.69, 9.17) is 6.42 Å². The van der Waals surface area contributed by atoms with Gasteiger partial charge in [0.25, 0.3) is 0 Å². The van der Waals surface area contributed by atoms with Crippen LogP contribution < -0.4 is 0 Å². The van der Waals surface area contributed by atoms with E-state index < -0.39 is 0 Å². The summed E-state index contributed by atoms with van der Waals surface area (Å²) in [4.78, 5) is 0. The highest BCUT2D eigenvalue weighted by molar-refractivity contribution is 4.98. The maximum Gasteiger partial charge on any atom is 0.155 e. The lowest BCUT2D eigenvalue weighted by Gasteiger charge is -2.27. The van der Waals surface area contributed by atoms with Crippen molar-refractivity contribution in [3.63, 3.8) is 0 Å². The van der Waals surface area contributed by atoms with Crippen molar-refractivity contribution in [2.45, 2.75) is 64.3 Å². The molecule has 2 rings (SSSR count). The lowest BCUT2D eigenvalue weighted by molar-refractivity contribution is 0.294. The van der Waals surface area contributed by atoms with Crippen LogP contribution in [0.3, 0.4) is 0 Å². The maximum atomic E-state index is 5.33. The fraction of sp³-hybridized carbons (Fsp3) is 0.786. The molecule has 0 amide bonds. The summed E-state index contributed by atoms with van der Waals surface area (Å²) in [6, 6.07) is 0. The quantitative estimate of drug-likeness (QED) is 0.750. The second-order valence-electron chi connectivity index (χ2n) is 5.26. The first kappa shape index (κ1) is 13.1. The van der Waals surface area contributed by atoms with Gasteiger partial charge in [0.2, 0.25) is 0 Å². The average Bonchev–Trinajstić information content (AvgIpc) is 2.86. The Hall–Kier alpha value is -1.37. The monoisotopic (exact) mass is 246 g/mol. The maximum absolute atomic E-state index is 5.33. The zero-order valence-corrected chi connectivity index (χ0v) is 11.2. The van der Waals surface area contributed by atoms with Gasteiger partial charge in [-0.15, -0.1) is 11.5 Å². The van der Waals surface area contributed by atoms with Crippen LogP contribution in [0.5, 0.6) is 0 Å². The molecule has 0 aromatic carbocycles. The Kier molecular flexibility index (Phi) is 4.74. The number of hydrogen-bond donors (Lipinski definition) is 0. The van der Waals surface area contributed by atoms with E-state index in [0.29, 0.717) is 12.5 Å². The third-order valence-corrected chi connectivity index (χ3v) is 3.98. The number of terminal acetylenes is 1. The Morgan fingerprint density at radius 3 is 2.78 bits per heavy atom. The van der Waals surface area contributed by atoms with Crippen molar-refractivity contribution in [1.82, 2.24) is 20.2 Å². The summed E-state index contributed by atoms with van der Waals surface area (Å²) in [7, 11) is 0. The van der Waals surface area contributed by atoms with Crippen molar-refractivity contribution in [2.24, 2.45) is 5.92 Å². The minimum absolute atomic E-state index is 0.484. The van der Waals surface area contributed by atoms with Crippen LogP contribution in [-0.4, -0.2) is 20.2 Å². The number of hydrogen-bond acceptors (Lipinski definition) is 3. The van der Waals surface area contributed by atoms with Gasteiger partial charge < -0.3 is 0 Å². The van der Waals surface area contributed by atoms with Gasteiger partial charge in [0, 0.05) is 5.92 Å². The summed E-state index contributed by atoms with van der Waals surface area (Å²) in [5.41, 5.74) is 0. The van der Waals surface area contributed by atoms with Crippen LogP contribution >= 0.6 is 0 Å². The standard InChI is InChI=1S/C14H22N4/c1-3-5-6-12-7-9-13(10-8-12)14-15-16-17-18(14)11-4-2/h2,12-13H,3,5-11H2,1H3. The molecule has 0 aliphatic heterocycles. The van der Waals surface area contributed by atoms with E-state index in [1.54, 1.807) is 4.68 Å². The Labute approximate surface area is 109 Å². The minimum atomic E-state index is 0.484. The number of aromatic nitrogens is 4. The molecule has 0 atom stereocenters. The van der Waals surface area contributed by atoms with Crippen LogP contribution in [-0.2, 0) is 6.54 Å². The lowest BCUT2D eigenvalue weighted by Crippen LogP contribution is -2.17. The second kappa shape index (κ2) is 6.53. The summed E-state index contributed by atoms with van der Waals surface area (Å²) in [6.45, 7) is 2.75. The zero-order chi connectivity index (χ0) is 12.8. The molecule has 1 heterocycles. The molecule has 0 unspecified atom stereocenters. The first-order valence-corrected chi connectivity index (χ1v) is 7.04. The molecule has 1 aliphatic rings. The van der Waals surface area contributed by atoms with E-state index in [-0.39, 0.29) is 0 Å². The Bertz CT molecular complexity index is 396. The van der Waals surface area contributed by atoms with Crippen LogP contribution in [0, 0.1) is 18.3 Å². The first-order chi connectivity index (χ1) is 8.85. The van der Waals surface area contributed by atoms with E-state index in [1.807, 2.05) is 0 Å². The number of tetrazole rings is 1. The van der Waals surface area contributed by atoms with Gasteiger partial charge in [-0.1, -0.05) is 32.1 Å². The Morgan fingerprint density at radius 2 is 2.11 bits per heavy atom. The minimum Gasteiger partial charge on any atom is -0.217 e. The third kappa shape index (κ3) is 3.10. The van der Waals surface area contributed by atoms with E-state index in [0.717, 1.165) is 11.7 Å². The van der Waals surface area contributed by atoms with Gasteiger partial charge in [-0.05, 0) is 42.0 Å². The van der Waals surface area contributed by atoms with Crippen LogP contribution in [0.25, 0.3) is 0 Å². The molecular weight excluding hydrogens is 224 g/mol. The molecule has 1 aromatic heterocycles. The van der Waals surface area contributed by atoms with E-state index in [9.17, 15) is 0 Å². The highest BCUT2D eigenvalue weighted by atomic mass is 15.5. The summed E-state index contributed by atoms with van der Waals surface area (Å²) < 4.78 is 1.77. The molecule has 4 nitrogen and oxygen atoms in total. The molecule has 1 saturated carbocycles. The van der Waals surface area contributed by atoms with Crippen molar-refractivity contribution in [3.8, 4) is 12.3 Å². The van der Waals surface area contributed by atoms with Gasteiger partial charge in [-0.3, -0.25) is 0 Å². The molecule has 0 radical (unpaired) electrons. The largest absolute Gasteiger partial charge is 0.217 e. The fourth-order valence-corrected chi connectivity index (χ4v) is 2.91. The van der Waals surface area contributed by atoms with Crippen LogP contribution in [0.15, 0.2) is 0 Å². The van der Waals surface area contributed by atoms with Crippen LogP contribution in [0.4, 0.5) is 0 Å². The molecule has 1 aliphatic carbocycles. The zero-order valence-electron chi connectivity index (χ0n) is 11.2. The van der Waals surface area contributed by atoms with Gasteiger partial charge in [0.05, 0.1) is 0 Å². The van der Waals surface area contributed by atoms with Gasteiger partial charge >= 0.3 is 0 Å². The normalized spacial score (nSPS) is 23.8. The number of rotatable bonds is 5. The lowest BCUT2D eigenvalue weighted by atomic mass is 9.79. The van der Waals surface area contributed by atoms with Crippen molar-refractivity contribution in [2.75, 3.05) is 0 Å². The molecule has 1 aromatic rings. The smallest absolute Gasteiger partial charge is 0.155 e. The summed E-state index contributed by atoms with van der Waals surface area (Å²) in [5, 5.41) is 11.9. The summed E-state index contributed by atoms with van der Waals surface area (Å²) in [6.07, 6.45) is 14.4. The van der Waals surface area contributed by atoms with Gasteiger partial charge in [-0.25, -0.2) is 4.68 Å². The molecule has 18 heavy (non-hydrogen) atoms. The van der Waals surface area contributed by atoms with Gasteiger partial charge in [0.1, 0.15) is 6.54 Å². The summed E-state index contributed by atoms with van der Waals surface area (Å²) >= 11 is 0. The van der Waals surface area contributed by atoms with Crippen LogP contribution in [0.1, 0.15) is 63.6 Å². The SMILES string of the molecule is C#CCn1nnnc1C1CCC(CCCC)CC1. The van der Waals surface area contributed by atoms with E-state index in [1.165, 1.54) is 44.9 Å². The first-order valence-electron chi connectivity index (χ1n) is 7.04. The topological polar surface area (TPSA) is 43.6 Å². The molecule has 0 bridgehead atoms. The van der Waals surface area contributed by atoms with Crippen molar-refractivity contribution >= 4 is 0 Å². The van der Waals surface area contributed by atoms with Crippen molar-refractivity contribution < 1.29 is 0 Å². The molecule has 0 N–H and O–H groups in total. The highest BCUT2D eigenvalue weighted by Crippen LogP contribution is 2.36. The molecular formula is C14H22N4. The number of nitrogens with zero attached hydrogens (tertiary/aromatic N) is 4. The predicted octanol–water partition coefficient (Wildman–Crippen LogP) is 2.77. The Morgan fingerprint density at radius 1 is 1.33 bits per heavy atom. The molecule has 4 heteroatoms. The predicted molar refractivity (Wildman–Crippen MR) is 70.9 cm³/mol. The van der Waals surface area contributed by atoms with Gasteiger partial charge in [0.15, 0.2) is 5.82 Å². The molecule has 0 spiro atoms. The van der Waals surface area contributed by atoms with Crippen molar-refractivity contribution in [1.29, 1.82) is 0 Å². The fourth-order valence-electron chi connectivity index (χ4n) is 2.91. The Balaban J connectivity index is 1.89. The van der Waals surface area contributed by atoms with Gasteiger partial charge in [-0.2, -0.15) is 0 Å². The molecule has 1 fully saturated rings.